The van der Waals surface area contributed by atoms with E-state index in [4.69, 9.17) is 5.11 Å². The summed E-state index contributed by atoms with van der Waals surface area (Å²) in [4.78, 5) is 25.3. The SMILES string of the molecule is O=C(O)C1CCC(C(=O)N2CCc3ccc(O)cc3C2)C1. The van der Waals surface area contributed by atoms with E-state index in [0.29, 0.717) is 32.4 Å². The van der Waals surface area contributed by atoms with Crippen molar-refractivity contribution in [3.63, 3.8) is 0 Å². The fraction of sp³-hybridized carbons (Fsp3) is 0.500. The number of fused-ring (bicyclic) bond motifs is 1. The third kappa shape index (κ3) is 2.73. The zero-order valence-corrected chi connectivity index (χ0v) is 11.8. The molecule has 1 aromatic carbocycles. The topological polar surface area (TPSA) is 77.8 Å². The van der Waals surface area contributed by atoms with Crippen molar-refractivity contribution >= 4 is 11.9 Å². The number of carbonyl (C=O) groups excluding carboxylic acids is 1. The second-order valence-corrected chi connectivity index (χ2v) is 6.01. The van der Waals surface area contributed by atoms with E-state index >= 15 is 0 Å². The van der Waals surface area contributed by atoms with Gasteiger partial charge in [0.05, 0.1) is 5.92 Å². The van der Waals surface area contributed by atoms with Gasteiger partial charge < -0.3 is 15.1 Å². The molecule has 21 heavy (non-hydrogen) atoms. The molecule has 1 fully saturated rings. The molecule has 2 unspecified atom stereocenters. The lowest BCUT2D eigenvalue weighted by atomic mass is 9.97. The summed E-state index contributed by atoms with van der Waals surface area (Å²) in [7, 11) is 0. The molecule has 2 N–H and O–H groups in total. The van der Waals surface area contributed by atoms with Crippen LogP contribution in [0.5, 0.6) is 5.75 Å². The highest BCUT2D eigenvalue weighted by molar-refractivity contribution is 5.81. The molecular weight excluding hydrogens is 270 g/mol. The number of benzene rings is 1. The maximum Gasteiger partial charge on any atom is 0.306 e. The second-order valence-electron chi connectivity index (χ2n) is 6.01. The van der Waals surface area contributed by atoms with Crippen LogP contribution in [0.1, 0.15) is 30.4 Å². The molecule has 3 rings (SSSR count). The quantitative estimate of drug-likeness (QED) is 0.870. The van der Waals surface area contributed by atoms with Crippen LogP contribution in [0.2, 0.25) is 0 Å². The van der Waals surface area contributed by atoms with Crippen LogP contribution in [-0.4, -0.2) is 33.5 Å². The van der Waals surface area contributed by atoms with Crippen LogP contribution in [0.4, 0.5) is 0 Å². The van der Waals surface area contributed by atoms with E-state index in [1.165, 1.54) is 5.56 Å². The summed E-state index contributed by atoms with van der Waals surface area (Å²) in [5.41, 5.74) is 2.16. The van der Waals surface area contributed by atoms with Crippen LogP contribution in [0.15, 0.2) is 18.2 Å². The highest BCUT2D eigenvalue weighted by Crippen LogP contribution is 2.33. The molecular formula is C16H19NO4. The molecule has 0 aromatic heterocycles. The first-order valence-electron chi connectivity index (χ1n) is 7.37. The van der Waals surface area contributed by atoms with E-state index < -0.39 is 5.97 Å². The zero-order valence-electron chi connectivity index (χ0n) is 11.8. The lowest BCUT2D eigenvalue weighted by Gasteiger charge is -2.31. The predicted octanol–water partition coefficient (Wildman–Crippen LogP) is 1.78. The van der Waals surface area contributed by atoms with Crippen molar-refractivity contribution in [1.82, 2.24) is 4.90 Å². The number of carboxylic acid groups (broad SMARTS) is 1. The molecule has 112 valence electrons. The average Bonchev–Trinajstić information content (AvgIpc) is 2.95. The van der Waals surface area contributed by atoms with E-state index in [1.54, 1.807) is 17.0 Å². The molecule has 0 bridgehead atoms. The zero-order chi connectivity index (χ0) is 15.0. The minimum Gasteiger partial charge on any atom is -0.508 e. The number of aromatic hydroxyl groups is 1. The lowest BCUT2D eigenvalue weighted by molar-refractivity contribution is -0.141. The largest absolute Gasteiger partial charge is 0.508 e. The number of amides is 1. The van der Waals surface area contributed by atoms with Crippen molar-refractivity contribution < 1.29 is 19.8 Å². The molecule has 1 amide bonds. The van der Waals surface area contributed by atoms with Crippen molar-refractivity contribution in [3.8, 4) is 5.75 Å². The minimum absolute atomic E-state index is 0.0627. The summed E-state index contributed by atoms with van der Waals surface area (Å²) >= 11 is 0. The van der Waals surface area contributed by atoms with E-state index in [0.717, 1.165) is 12.0 Å². The standard InChI is InChI=1S/C16H19NO4/c18-14-4-3-10-5-6-17(9-13(10)8-14)15(19)11-1-2-12(7-11)16(20)21/h3-4,8,11-12,18H,1-2,5-7,9H2,(H,20,21). The number of phenols is 1. The van der Waals surface area contributed by atoms with Gasteiger partial charge in [0, 0.05) is 19.0 Å². The van der Waals surface area contributed by atoms with E-state index in [2.05, 4.69) is 0 Å². The summed E-state index contributed by atoms with van der Waals surface area (Å²) in [5.74, 6) is -1.05. The highest BCUT2D eigenvalue weighted by atomic mass is 16.4. The van der Waals surface area contributed by atoms with Gasteiger partial charge in [-0.3, -0.25) is 9.59 Å². The number of carbonyl (C=O) groups is 2. The smallest absolute Gasteiger partial charge is 0.306 e. The Bertz CT molecular complexity index is 584. The number of nitrogens with zero attached hydrogens (tertiary/aromatic N) is 1. The molecule has 1 aliphatic carbocycles. The van der Waals surface area contributed by atoms with Crippen LogP contribution in [0.25, 0.3) is 0 Å². The Morgan fingerprint density at radius 2 is 1.90 bits per heavy atom. The average molecular weight is 289 g/mol. The summed E-state index contributed by atoms with van der Waals surface area (Å²) < 4.78 is 0. The van der Waals surface area contributed by atoms with Crippen LogP contribution >= 0.6 is 0 Å². The number of aliphatic carboxylic acids is 1. The third-order valence-electron chi connectivity index (χ3n) is 4.64. The fourth-order valence-corrected chi connectivity index (χ4v) is 3.42. The molecule has 2 atom stereocenters. The fourth-order valence-electron chi connectivity index (χ4n) is 3.42. The summed E-state index contributed by atoms with van der Waals surface area (Å²) in [6, 6.07) is 5.29. The first-order chi connectivity index (χ1) is 10.0. The maximum atomic E-state index is 12.5. The van der Waals surface area contributed by atoms with Gasteiger partial charge in [-0.2, -0.15) is 0 Å². The number of carboxylic acids is 1. The van der Waals surface area contributed by atoms with Gasteiger partial charge in [0.1, 0.15) is 5.75 Å². The monoisotopic (exact) mass is 289 g/mol. The first-order valence-corrected chi connectivity index (χ1v) is 7.37. The summed E-state index contributed by atoms with van der Waals surface area (Å²) in [5, 5.41) is 18.6. The molecule has 1 aromatic rings. The number of phenolic OH excluding ortho intramolecular Hbond substituents is 1. The van der Waals surface area contributed by atoms with Crippen LogP contribution in [0, 0.1) is 11.8 Å². The van der Waals surface area contributed by atoms with Crippen molar-refractivity contribution in [2.45, 2.75) is 32.2 Å². The van der Waals surface area contributed by atoms with Crippen LogP contribution in [-0.2, 0) is 22.6 Å². The van der Waals surface area contributed by atoms with E-state index in [-0.39, 0.29) is 23.5 Å². The van der Waals surface area contributed by atoms with Crippen molar-refractivity contribution in [2.24, 2.45) is 11.8 Å². The molecule has 5 heteroatoms. The van der Waals surface area contributed by atoms with E-state index in [1.807, 2.05) is 6.07 Å². The van der Waals surface area contributed by atoms with Gasteiger partial charge in [-0.25, -0.2) is 0 Å². The molecule has 2 aliphatic rings. The predicted molar refractivity (Wildman–Crippen MR) is 75.7 cm³/mol. The maximum absolute atomic E-state index is 12.5. The third-order valence-corrected chi connectivity index (χ3v) is 4.64. The second kappa shape index (κ2) is 5.39. The van der Waals surface area contributed by atoms with E-state index in [9.17, 15) is 14.7 Å². The Kier molecular flexibility index (Phi) is 3.57. The van der Waals surface area contributed by atoms with Gasteiger partial charge in [-0.1, -0.05) is 6.07 Å². The minimum atomic E-state index is -0.792. The van der Waals surface area contributed by atoms with Crippen molar-refractivity contribution in [3.05, 3.63) is 29.3 Å². The molecule has 0 radical (unpaired) electrons. The summed E-state index contributed by atoms with van der Waals surface area (Å²) in [6.07, 6.45) is 2.50. The van der Waals surface area contributed by atoms with Gasteiger partial charge in [-0.05, 0) is 48.9 Å². The molecule has 1 aliphatic heterocycles. The summed E-state index contributed by atoms with van der Waals surface area (Å²) in [6.45, 7) is 1.18. The molecule has 5 nitrogen and oxygen atoms in total. The van der Waals surface area contributed by atoms with Gasteiger partial charge in [-0.15, -0.1) is 0 Å². The molecule has 1 saturated carbocycles. The number of rotatable bonds is 2. The molecule has 0 saturated heterocycles. The van der Waals surface area contributed by atoms with Crippen LogP contribution < -0.4 is 0 Å². The lowest BCUT2D eigenvalue weighted by Crippen LogP contribution is -2.39. The normalized spacial score (nSPS) is 24.7. The number of hydrogen-bond donors (Lipinski definition) is 2. The molecule has 0 spiro atoms. The van der Waals surface area contributed by atoms with Gasteiger partial charge >= 0.3 is 5.97 Å². The van der Waals surface area contributed by atoms with Crippen molar-refractivity contribution in [2.75, 3.05) is 6.54 Å². The number of hydrogen-bond acceptors (Lipinski definition) is 3. The Balaban J connectivity index is 1.69. The van der Waals surface area contributed by atoms with Gasteiger partial charge in [0.25, 0.3) is 0 Å². The van der Waals surface area contributed by atoms with Gasteiger partial charge in [0.15, 0.2) is 0 Å². The highest BCUT2D eigenvalue weighted by Gasteiger charge is 2.36. The van der Waals surface area contributed by atoms with Gasteiger partial charge in [0.2, 0.25) is 5.91 Å². The Labute approximate surface area is 123 Å². The molecule has 1 heterocycles. The Hall–Kier alpha value is -2.04. The Morgan fingerprint density at radius 1 is 1.14 bits per heavy atom. The first kappa shape index (κ1) is 13.9. The Morgan fingerprint density at radius 3 is 2.62 bits per heavy atom. The van der Waals surface area contributed by atoms with Crippen molar-refractivity contribution in [1.29, 1.82) is 0 Å². The van der Waals surface area contributed by atoms with Crippen LogP contribution in [0.3, 0.4) is 0 Å².